The van der Waals surface area contributed by atoms with E-state index in [0.29, 0.717) is 0 Å². The average molecular weight is 189 g/mol. The van der Waals surface area contributed by atoms with Crippen LogP contribution in [-0.2, 0) is 4.57 Å². The number of carbonyl (C=O) groups is 1. The van der Waals surface area contributed by atoms with Gasteiger partial charge in [0, 0.05) is 0 Å². The molecule has 0 aliphatic rings. The summed E-state index contributed by atoms with van der Waals surface area (Å²) in [6.07, 6.45) is 0. The first kappa shape index (κ1) is 12.5. The van der Waals surface area contributed by atoms with Crippen LogP contribution in [0.5, 0.6) is 0 Å². The van der Waals surface area contributed by atoms with E-state index >= 15 is 0 Å². The highest BCUT2D eigenvalue weighted by Crippen LogP contribution is 2.34. The highest BCUT2D eigenvalue weighted by Gasteiger charge is 2.23. The lowest BCUT2D eigenvalue weighted by molar-refractivity contribution is -0.742. The van der Waals surface area contributed by atoms with Crippen LogP contribution in [0.1, 0.15) is 0 Å². The summed E-state index contributed by atoms with van der Waals surface area (Å²) >= 11 is 0. The maximum absolute atomic E-state index is 9.43. The Balaban J connectivity index is 0. The molecule has 0 radical (unpaired) electrons. The van der Waals surface area contributed by atoms with E-state index in [1.54, 1.807) is 0 Å². The maximum atomic E-state index is 9.43. The van der Waals surface area contributed by atoms with Crippen LogP contribution in [0.3, 0.4) is 0 Å². The maximum Gasteiger partial charge on any atom is 0.433 e. The largest absolute Gasteiger partial charge is 0.472 e. The first-order valence-corrected chi connectivity index (χ1v) is 3.41. The van der Waals surface area contributed by atoms with Crippen molar-refractivity contribution in [3.63, 3.8) is 0 Å². The molecule has 0 heterocycles. The van der Waals surface area contributed by atoms with Gasteiger partial charge in [0.2, 0.25) is 0 Å². The standard InChI is InChI=1S/CH3O5P.HNO3/c2-1(3)7(4,5)6;2-1(3)4/h(H,2,3)(H2,4,5,6);(H,2,3,4). The van der Waals surface area contributed by atoms with E-state index in [2.05, 4.69) is 0 Å². The van der Waals surface area contributed by atoms with Gasteiger partial charge in [0.1, 0.15) is 0 Å². The highest BCUT2D eigenvalue weighted by atomic mass is 31.2. The Morgan fingerprint density at radius 3 is 1.55 bits per heavy atom. The second-order valence-electron chi connectivity index (χ2n) is 1.06. The Morgan fingerprint density at radius 1 is 1.45 bits per heavy atom. The van der Waals surface area contributed by atoms with Crippen molar-refractivity contribution in [3.8, 4) is 0 Å². The van der Waals surface area contributed by atoms with Gasteiger partial charge in [-0.05, 0) is 0 Å². The molecule has 0 aromatic heterocycles. The summed E-state index contributed by atoms with van der Waals surface area (Å²) in [6, 6.07) is 0. The lowest BCUT2D eigenvalue weighted by atomic mass is 11.6. The van der Waals surface area contributed by atoms with Gasteiger partial charge in [-0.25, -0.2) is 9.36 Å². The van der Waals surface area contributed by atoms with Crippen LogP contribution in [0, 0.1) is 10.1 Å². The molecule has 0 bridgehead atoms. The van der Waals surface area contributed by atoms with Crippen LogP contribution < -0.4 is 0 Å². The Labute approximate surface area is 59.2 Å². The number of rotatable bonds is 1. The summed E-state index contributed by atoms with van der Waals surface area (Å²) in [5, 5.41) is 21.1. The summed E-state index contributed by atoms with van der Waals surface area (Å²) in [6.45, 7) is 0. The van der Waals surface area contributed by atoms with Crippen LogP contribution in [-0.4, -0.2) is 30.9 Å². The topological polar surface area (TPSA) is 158 Å². The molecule has 0 rings (SSSR count). The van der Waals surface area contributed by atoms with Crippen molar-refractivity contribution in [2.75, 3.05) is 0 Å². The number of nitrogens with zero attached hydrogens (tertiary/aromatic N) is 1. The molecule has 0 amide bonds. The van der Waals surface area contributed by atoms with Gasteiger partial charge in [-0.1, -0.05) is 0 Å². The van der Waals surface area contributed by atoms with Crippen molar-refractivity contribution in [2.24, 2.45) is 0 Å². The minimum atomic E-state index is -4.82. The molecule has 4 N–H and O–H groups in total. The van der Waals surface area contributed by atoms with E-state index in [1.165, 1.54) is 0 Å². The molecular formula is CH4NO8P. The van der Waals surface area contributed by atoms with E-state index in [1.807, 2.05) is 0 Å². The fourth-order valence-electron chi connectivity index (χ4n) is 0. The predicted octanol–water partition coefficient (Wildman–Crippen LogP) is -0.506. The molecule has 0 atom stereocenters. The van der Waals surface area contributed by atoms with Gasteiger partial charge < -0.3 is 20.1 Å². The first-order chi connectivity index (χ1) is 4.68. The van der Waals surface area contributed by atoms with Crippen molar-refractivity contribution in [3.05, 3.63) is 10.1 Å². The molecule has 0 spiro atoms. The van der Waals surface area contributed by atoms with Crippen molar-refractivity contribution < 1.29 is 34.5 Å². The monoisotopic (exact) mass is 189 g/mol. The van der Waals surface area contributed by atoms with Crippen LogP contribution >= 0.6 is 7.60 Å². The molecule has 9 nitrogen and oxygen atoms in total. The molecule has 0 saturated heterocycles. The highest BCUT2D eigenvalue weighted by molar-refractivity contribution is 7.69. The Morgan fingerprint density at radius 2 is 1.55 bits per heavy atom. The predicted molar refractivity (Wildman–Crippen MR) is 28.8 cm³/mol. The normalized spacial score (nSPS) is 9.27. The number of hydrogen-bond donors (Lipinski definition) is 4. The van der Waals surface area contributed by atoms with Crippen molar-refractivity contribution in [1.82, 2.24) is 0 Å². The second-order valence-corrected chi connectivity index (χ2v) is 2.54. The minimum Gasteiger partial charge on any atom is -0.472 e. The van der Waals surface area contributed by atoms with Crippen molar-refractivity contribution >= 4 is 13.3 Å². The number of carboxylic acid groups (broad SMARTS) is 1. The summed E-state index contributed by atoms with van der Waals surface area (Å²) in [5.41, 5.74) is -2.09. The van der Waals surface area contributed by atoms with Crippen molar-refractivity contribution in [2.45, 2.75) is 0 Å². The molecule has 0 aliphatic carbocycles. The van der Waals surface area contributed by atoms with Gasteiger partial charge in [0.05, 0.1) is 0 Å². The van der Waals surface area contributed by atoms with Gasteiger partial charge in [-0.2, -0.15) is 0 Å². The van der Waals surface area contributed by atoms with E-state index < -0.39 is 18.4 Å². The molecule has 10 heteroatoms. The number of hydrogen-bond acceptors (Lipinski definition) is 4. The SMILES string of the molecule is O=C(O)P(=O)(O)O.O=[N+]([O-])O. The molecule has 0 aromatic rings. The fourth-order valence-corrected chi connectivity index (χ4v) is 0. The van der Waals surface area contributed by atoms with E-state index in [9.17, 15) is 9.36 Å². The first-order valence-electron chi connectivity index (χ1n) is 1.80. The second kappa shape index (κ2) is 4.61. The van der Waals surface area contributed by atoms with Crippen LogP contribution in [0.15, 0.2) is 0 Å². The average Bonchev–Trinajstić information content (AvgIpc) is 1.59. The quantitative estimate of drug-likeness (QED) is 0.244. The Kier molecular flexibility index (Phi) is 5.23. The molecule has 0 unspecified atom stereocenters. The Bertz CT molecular complexity index is 186. The molecule has 0 aromatic carbocycles. The zero-order valence-corrected chi connectivity index (χ0v) is 5.71. The molecular weight excluding hydrogens is 185 g/mol. The molecule has 0 aliphatic heterocycles. The van der Waals surface area contributed by atoms with Gasteiger partial charge in [0.15, 0.2) is 0 Å². The zero-order valence-electron chi connectivity index (χ0n) is 4.82. The van der Waals surface area contributed by atoms with Crippen LogP contribution in [0.2, 0.25) is 0 Å². The molecule has 0 fully saturated rings. The van der Waals surface area contributed by atoms with Crippen molar-refractivity contribution in [1.29, 1.82) is 0 Å². The fraction of sp³-hybridized carbons (Fsp3) is 0. The summed E-state index contributed by atoms with van der Waals surface area (Å²) in [7, 11) is -4.82. The minimum absolute atomic E-state index is 1.50. The zero-order chi connectivity index (χ0) is 9.65. The van der Waals surface area contributed by atoms with Gasteiger partial charge in [-0.3, -0.25) is 0 Å². The van der Waals surface area contributed by atoms with E-state index in [-0.39, 0.29) is 0 Å². The van der Waals surface area contributed by atoms with Crippen LogP contribution in [0.25, 0.3) is 0 Å². The van der Waals surface area contributed by atoms with Gasteiger partial charge in [-0.15, -0.1) is 10.1 Å². The third kappa shape index (κ3) is 17.7. The van der Waals surface area contributed by atoms with Gasteiger partial charge >= 0.3 is 13.3 Å². The third-order valence-corrected chi connectivity index (χ3v) is 0.748. The van der Waals surface area contributed by atoms with Crippen LogP contribution in [0.4, 0.5) is 4.79 Å². The smallest absolute Gasteiger partial charge is 0.433 e. The van der Waals surface area contributed by atoms with Gasteiger partial charge in [0.25, 0.3) is 5.09 Å². The lowest BCUT2D eigenvalue weighted by Gasteiger charge is -1.90. The lowest BCUT2D eigenvalue weighted by Crippen LogP contribution is -1.90. The Hall–Kier alpha value is -1.18. The third-order valence-electron chi connectivity index (χ3n) is 0.249. The summed E-state index contributed by atoms with van der Waals surface area (Å²) < 4.78 is 9.43. The van der Waals surface area contributed by atoms with E-state index in [0.717, 1.165) is 0 Å². The van der Waals surface area contributed by atoms with E-state index in [4.69, 9.17) is 30.2 Å². The molecule has 11 heavy (non-hydrogen) atoms. The molecule has 0 saturated carbocycles. The summed E-state index contributed by atoms with van der Waals surface area (Å²) in [4.78, 5) is 32.8. The molecule has 66 valence electrons. The summed E-state index contributed by atoms with van der Waals surface area (Å²) in [5.74, 6) is 0.